The summed E-state index contributed by atoms with van der Waals surface area (Å²) in [4.78, 5) is 2.55. The summed E-state index contributed by atoms with van der Waals surface area (Å²) in [5.74, 6) is 0.154. The van der Waals surface area contributed by atoms with E-state index in [0.29, 0.717) is 24.1 Å². The average molecular weight is 368 g/mol. The van der Waals surface area contributed by atoms with E-state index >= 15 is 0 Å². The lowest BCUT2D eigenvalue weighted by Crippen LogP contribution is -2.44. The number of ether oxygens (including phenoxy) is 1. The van der Waals surface area contributed by atoms with Crippen molar-refractivity contribution in [3.63, 3.8) is 0 Å². The Kier molecular flexibility index (Phi) is 4.19. The Bertz CT molecular complexity index is 883. The van der Waals surface area contributed by atoms with Crippen molar-refractivity contribution >= 4 is 5.69 Å². The lowest BCUT2D eigenvalue weighted by Gasteiger charge is -2.33. The molecule has 3 atom stereocenters. The number of aliphatic hydroxyl groups excluding tert-OH is 1. The Hall–Kier alpha value is -1.95. The van der Waals surface area contributed by atoms with Gasteiger partial charge in [0.05, 0.1) is 19.3 Å². The highest BCUT2D eigenvalue weighted by Crippen LogP contribution is 2.48. The topological polar surface area (TPSA) is 44.7 Å². The number of benzene rings is 2. The number of anilines is 1. The molecule has 2 aromatic rings. The van der Waals surface area contributed by atoms with Crippen molar-refractivity contribution in [2.75, 3.05) is 31.1 Å². The molecule has 0 aliphatic carbocycles. The maximum Gasteiger partial charge on any atom is 0.123 e. The van der Waals surface area contributed by atoms with Gasteiger partial charge in [0.1, 0.15) is 5.82 Å². The molecular weight excluding hydrogens is 343 g/mol. The largest absolute Gasteiger partial charge is 0.389 e. The van der Waals surface area contributed by atoms with Gasteiger partial charge in [0.2, 0.25) is 0 Å². The van der Waals surface area contributed by atoms with Gasteiger partial charge in [-0.25, -0.2) is 4.39 Å². The van der Waals surface area contributed by atoms with Crippen molar-refractivity contribution in [1.29, 1.82) is 0 Å². The molecule has 3 aliphatic rings. The molecule has 5 rings (SSSR count). The predicted molar refractivity (Wildman–Crippen MR) is 103 cm³/mol. The molecular formula is C22H25FN2O2. The molecule has 3 aliphatic heterocycles. The van der Waals surface area contributed by atoms with E-state index in [1.54, 1.807) is 13.0 Å². The van der Waals surface area contributed by atoms with Crippen LogP contribution in [0.3, 0.4) is 0 Å². The van der Waals surface area contributed by atoms with Gasteiger partial charge < -0.3 is 20.1 Å². The van der Waals surface area contributed by atoms with Gasteiger partial charge in [0.25, 0.3) is 0 Å². The monoisotopic (exact) mass is 368 g/mol. The highest BCUT2D eigenvalue weighted by molar-refractivity contribution is 5.77. The molecule has 0 aromatic heterocycles. The average Bonchev–Trinajstić information content (AvgIpc) is 2.83. The van der Waals surface area contributed by atoms with Gasteiger partial charge in [0, 0.05) is 36.3 Å². The number of hydrogen-bond acceptors (Lipinski definition) is 4. The molecule has 5 heteroatoms. The summed E-state index contributed by atoms with van der Waals surface area (Å²) >= 11 is 0. The van der Waals surface area contributed by atoms with E-state index < -0.39 is 6.10 Å². The fourth-order valence-corrected chi connectivity index (χ4v) is 5.08. The van der Waals surface area contributed by atoms with Crippen LogP contribution in [0.2, 0.25) is 0 Å². The molecule has 1 fully saturated rings. The summed E-state index contributed by atoms with van der Waals surface area (Å²) in [6, 6.07) is 9.65. The third kappa shape index (κ3) is 2.76. The van der Waals surface area contributed by atoms with Gasteiger partial charge in [-0.15, -0.1) is 0 Å². The summed E-state index contributed by atoms with van der Waals surface area (Å²) in [5, 5.41) is 13.7. The van der Waals surface area contributed by atoms with Crippen LogP contribution in [0.4, 0.5) is 10.1 Å². The second-order valence-electron chi connectivity index (χ2n) is 7.89. The number of piperidine rings is 1. The van der Waals surface area contributed by atoms with Crippen LogP contribution in [0.15, 0.2) is 30.3 Å². The Labute approximate surface area is 159 Å². The molecule has 0 bridgehead atoms. The number of halogens is 1. The van der Waals surface area contributed by atoms with E-state index in [4.69, 9.17) is 4.74 Å². The smallest absolute Gasteiger partial charge is 0.123 e. The molecule has 2 aromatic carbocycles. The maximum atomic E-state index is 13.8. The van der Waals surface area contributed by atoms with Crippen molar-refractivity contribution in [1.82, 2.24) is 5.32 Å². The van der Waals surface area contributed by atoms with Crippen LogP contribution >= 0.6 is 0 Å². The van der Waals surface area contributed by atoms with E-state index in [1.807, 2.05) is 0 Å². The fourth-order valence-electron chi connectivity index (χ4n) is 5.08. The molecule has 142 valence electrons. The van der Waals surface area contributed by atoms with Gasteiger partial charge in [0.15, 0.2) is 0 Å². The van der Waals surface area contributed by atoms with Gasteiger partial charge in [-0.05, 0) is 66.4 Å². The molecule has 27 heavy (non-hydrogen) atoms. The van der Waals surface area contributed by atoms with Crippen LogP contribution in [0.25, 0.3) is 11.1 Å². The van der Waals surface area contributed by atoms with Crippen LogP contribution < -0.4 is 10.2 Å². The molecule has 4 nitrogen and oxygen atoms in total. The zero-order valence-electron chi connectivity index (χ0n) is 15.5. The zero-order chi connectivity index (χ0) is 18.5. The molecule has 0 amide bonds. The first-order valence-corrected chi connectivity index (χ1v) is 9.83. The summed E-state index contributed by atoms with van der Waals surface area (Å²) in [7, 11) is 0. The van der Waals surface area contributed by atoms with Gasteiger partial charge in [-0.1, -0.05) is 6.07 Å². The fraction of sp³-hybridized carbons (Fsp3) is 0.455. The minimum atomic E-state index is -0.722. The Morgan fingerprint density at radius 1 is 1.30 bits per heavy atom. The predicted octanol–water partition coefficient (Wildman–Crippen LogP) is 3.34. The minimum absolute atomic E-state index is 0.319. The molecule has 3 heterocycles. The third-order valence-corrected chi connectivity index (χ3v) is 6.26. The number of rotatable bonds is 2. The number of nitrogens with one attached hydrogen (secondary N) is 1. The number of fused-ring (bicyclic) bond motifs is 3. The summed E-state index contributed by atoms with van der Waals surface area (Å²) in [5.41, 5.74) is 6.48. The number of aliphatic hydroxyl groups is 1. The quantitative estimate of drug-likeness (QED) is 0.853. The van der Waals surface area contributed by atoms with E-state index in [2.05, 4.69) is 22.3 Å². The molecule has 0 saturated carbocycles. The Balaban J connectivity index is 1.69. The van der Waals surface area contributed by atoms with Gasteiger partial charge in [-0.2, -0.15) is 0 Å². The van der Waals surface area contributed by atoms with Crippen molar-refractivity contribution in [2.45, 2.75) is 38.0 Å². The second kappa shape index (κ2) is 6.59. The summed E-state index contributed by atoms with van der Waals surface area (Å²) < 4.78 is 19.7. The molecule has 0 spiro atoms. The van der Waals surface area contributed by atoms with Crippen LogP contribution in [-0.2, 0) is 11.3 Å². The standard InChI is InChI=1S/C22H25FN2O2/c1-13(26)18-10-16(23)2-3-17(18)14-8-15-12-27-7-6-25-21-4-5-24-11-20(21)19(9-14)22(15)25/h2-3,8-10,13,20-21,24,26H,4-7,11-12H2,1H3/t13?,20-,21-/m0/s1. The van der Waals surface area contributed by atoms with Crippen molar-refractivity contribution < 1.29 is 14.2 Å². The second-order valence-corrected chi connectivity index (χ2v) is 7.89. The highest BCUT2D eigenvalue weighted by Gasteiger charge is 2.41. The van der Waals surface area contributed by atoms with Crippen molar-refractivity contribution in [3.8, 4) is 11.1 Å². The first kappa shape index (κ1) is 17.2. The van der Waals surface area contributed by atoms with Crippen LogP contribution in [-0.4, -0.2) is 37.4 Å². The Morgan fingerprint density at radius 2 is 2.19 bits per heavy atom. The van der Waals surface area contributed by atoms with Crippen molar-refractivity contribution in [2.24, 2.45) is 0 Å². The van der Waals surface area contributed by atoms with Crippen LogP contribution in [0.1, 0.15) is 42.1 Å². The third-order valence-electron chi connectivity index (χ3n) is 6.26. The first-order chi connectivity index (χ1) is 13.1. The zero-order valence-corrected chi connectivity index (χ0v) is 15.5. The molecule has 1 saturated heterocycles. The lowest BCUT2D eigenvalue weighted by molar-refractivity contribution is 0.130. The minimum Gasteiger partial charge on any atom is -0.389 e. The number of hydrogen-bond donors (Lipinski definition) is 2. The van der Waals surface area contributed by atoms with Gasteiger partial charge >= 0.3 is 0 Å². The van der Waals surface area contributed by atoms with Crippen molar-refractivity contribution in [3.05, 3.63) is 52.8 Å². The summed E-state index contributed by atoms with van der Waals surface area (Å²) in [6.07, 6.45) is 0.420. The van der Waals surface area contributed by atoms with E-state index in [9.17, 15) is 9.50 Å². The normalized spacial score (nSPS) is 24.9. The van der Waals surface area contributed by atoms with E-state index in [0.717, 1.165) is 43.8 Å². The molecule has 1 unspecified atom stereocenters. The van der Waals surface area contributed by atoms with Gasteiger partial charge in [-0.3, -0.25) is 0 Å². The van der Waals surface area contributed by atoms with Crippen LogP contribution in [0, 0.1) is 5.82 Å². The highest BCUT2D eigenvalue weighted by atomic mass is 19.1. The maximum absolute atomic E-state index is 13.8. The molecule has 2 N–H and O–H groups in total. The van der Waals surface area contributed by atoms with Crippen LogP contribution in [0.5, 0.6) is 0 Å². The lowest BCUT2D eigenvalue weighted by atomic mass is 9.86. The SMILES string of the molecule is CC(O)c1cc(F)ccc1-c1cc2c3c(c1)[C@@H]1CNCC[C@@H]1N3CCOC2. The summed E-state index contributed by atoms with van der Waals surface area (Å²) in [6.45, 7) is 6.02. The number of nitrogens with zero attached hydrogens (tertiary/aromatic N) is 1. The van der Waals surface area contributed by atoms with E-state index in [-0.39, 0.29) is 5.82 Å². The molecule has 0 radical (unpaired) electrons. The Morgan fingerprint density at radius 3 is 3.04 bits per heavy atom. The first-order valence-electron chi connectivity index (χ1n) is 9.83. The van der Waals surface area contributed by atoms with E-state index in [1.165, 1.54) is 28.9 Å².